The summed E-state index contributed by atoms with van der Waals surface area (Å²) in [7, 11) is -1.94. The third-order valence-electron chi connectivity index (χ3n) is 4.51. The molecule has 0 bridgehead atoms. The lowest BCUT2D eigenvalue weighted by molar-refractivity contribution is 0.327. The van der Waals surface area contributed by atoms with Crippen LogP contribution in [0.4, 0.5) is 5.69 Å². The van der Waals surface area contributed by atoms with Crippen LogP contribution in [0.15, 0.2) is 23.1 Å². The second kappa shape index (κ2) is 6.79. The van der Waals surface area contributed by atoms with Crippen LogP contribution in [-0.4, -0.2) is 21.5 Å². The number of sulfonamides is 1. The Hall–Kier alpha value is -1.07. The molecule has 1 aliphatic carbocycles. The van der Waals surface area contributed by atoms with E-state index >= 15 is 0 Å². The molecule has 0 radical (unpaired) electrons. The highest BCUT2D eigenvalue weighted by Crippen LogP contribution is 2.30. The number of nitrogens with one attached hydrogen (secondary N) is 2. The monoisotopic (exact) mass is 310 g/mol. The lowest BCUT2D eigenvalue weighted by Crippen LogP contribution is -2.27. The van der Waals surface area contributed by atoms with Gasteiger partial charge in [0, 0.05) is 11.7 Å². The van der Waals surface area contributed by atoms with E-state index in [-0.39, 0.29) is 0 Å². The van der Waals surface area contributed by atoms with Gasteiger partial charge in [0.2, 0.25) is 10.0 Å². The Morgan fingerprint density at radius 1 is 1.29 bits per heavy atom. The lowest BCUT2D eigenvalue weighted by atomic mass is 9.84. The van der Waals surface area contributed by atoms with Gasteiger partial charge in [-0.3, -0.25) is 0 Å². The summed E-state index contributed by atoms with van der Waals surface area (Å²) in [6.45, 7) is 4.26. The Balaban J connectivity index is 2.18. The van der Waals surface area contributed by atoms with Crippen molar-refractivity contribution in [3.05, 3.63) is 23.8 Å². The summed E-state index contributed by atoms with van der Waals surface area (Å²) in [5, 5.41) is 3.56. The van der Waals surface area contributed by atoms with Crippen LogP contribution in [0, 0.1) is 12.8 Å². The molecule has 0 spiro atoms. The first-order valence-electron chi connectivity index (χ1n) is 7.77. The molecule has 2 N–H and O–H groups in total. The maximum Gasteiger partial charge on any atom is 0.240 e. The zero-order valence-corrected chi connectivity index (χ0v) is 14.0. The molecule has 2 unspecified atom stereocenters. The molecule has 4 nitrogen and oxygen atoms in total. The molecule has 0 saturated heterocycles. The van der Waals surface area contributed by atoms with Gasteiger partial charge in [-0.1, -0.05) is 32.3 Å². The minimum Gasteiger partial charge on any atom is -0.382 e. The lowest BCUT2D eigenvalue weighted by Gasteiger charge is -2.30. The Morgan fingerprint density at radius 2 is 2.05 bits per heavy atom. The van der Waals surface area contributed by atoms with Gasteiger partial charge in [0.25, 0.3) is 0 Å². The molecule has 0 aliphatic heterocycles. The molecule has 1 aromatic carbocycles. The molecular formula is C16H26N2O2S. The molecule has 118 valence electrons. The van der Waals surface area contributed by atoms with Crippen molar-refractivity contribution in [1.82, 2.24) is 4.72 Å². The van der Waals surface area contributed by atoms with Crippen molar-refractivity contribution in [2.24, 2.45) is 5.92 Å². The summed E-state index contributed by atoms with van der Waals surface area (Å²) in [5.41, 5.74) is 2.02. The summed E-state index contributed by atoms with van der Waals surface area (Å²) in [4.78, 5) is 0.320. The van der Waals surface area contributed by atoms with Crippen LogP contribution < -0.4 is 10.0 Å². The molecule has 2 rings (SSSR count). The molecule has 1 aliphatic rings. The molecule has 0 amide bonds. The molecule has 1 saturated carbocycles. The Kier molecular flexibility index (Phi) is 5.27. The minimum atomic E-state index is -3.38. The summed E-state index contributed by atoms with van der Waals surface area (Å²) in [6.07, 6.45) is 6.15. The highest BCUT2D eigenvalue weighted by molar-refractivity contribution is 7.89. The van der Waals surface area contributed by atoms with Crippen molar-refractivity contribution >= 4 is 15.7 Å². The van der Waals surface area contributed by atoms with Crippen molar-refractivity contribution < 1.29 is 8.42 Å². The van der Waals surface area contributed by atoms with E-state index in [1.807, 2.05) is 13.0 Å². The van der Waals surface area contributed by atoms with E-state index in [4.69, 9.17) is 0 Å². The largest absolute Gasteiger partial charge is 0.382 e. The molecule has 0 aromatic heterocycles. The zero-order valence-electron chi connectivity index (χ0n) is 13.1. The topological polar surface area (TPSA) is 58.2 Å². The predicted molar refractivity (Wildman–Crippen MR) is 87.1 cm³/mol. The van der Waals surface area contributed by atoms with Crippen LogP contribution in [0.2, 0.25) is 0 Å². The van der Waals surface area contributed by atoms with Gasteiger partial charge < -0.3 is 5.32 Å². The van der Waals surface area contributed by atoms with Crippen molar-refractivity contribution in [2.45, 2.75) is 56.9 Å². The van der Waals surface area contributed by atoms with E-state index in [2.05, 4.69) is 17.0 Å². The van der Waals surface area contributed by atoms with Crippen LogP contribution in [0.25, 0.3) is 0 Å². The number of anilines is 1. The van der Waals surface area contributed by atoms with E-state index in [9.17, 15) is 8.42 Å². The highest BCUT2D eigenvalue weighted by Gasteiger charge is 2.21. The van der Waals surface area contributed by atoms with Crippen molar-refractivity contribution in [1.29, 1.82) is 0 Å². The van der Waals surface area contributed by atoms with Gasteiger partial charge in [-0.2, -0.15) is 0 Å². The van der Waals surface area contributed by atoms with Gasteiger partial charge in [0.05, 0.1) is 4.90 Å². The Labute approximate surface area is 128 Å². The van der Waals surface area contributed by atoms with Gasteiger partial charge in [-0.15, -0.1) is 0 Å². The number of benzene rings is 1. The van der Waals surface area contributed by atoms with Crippen LogP contribution in [0.1, 0.15) is 44.6 Å². The number of aryl methyl sites for hydroxylation is 1. The second-order valence-electron chi connectivity index (χ2n) is 5.97. The van der Waals surface area contributed by atoms with Gasteiger partial charge in [-0.05, 0) is 50.4 Å². The fourth-order valence-corrected chi connectivity index (χ4v) is 3.81. The third kappa shape index (κ3) is 3.98. The number of hydrogen-bond acceptors (Lipinski definition) is 3. The molecule has 5 heteroatoms. The standard InChI is InChI=1S/C16H26N2O2S/c1-4-13-6-5-7-14(10-13)18-16-11-15(9-8-12(16)2)21(19,20)17-3/h8-9,11,13-14,17-18H,4-7,10H2,1-3H3. The maximum absolute atomic E-state index is 11.9. The SMILES string of the molecule is CCC1CCCC(Nc2cc(S(=O)(=O)NC)ccc2C)C1. The molecule has 0 heterocycles. The van der Waals surface area contributed by atoms with Gasteiger partial charge in [0.15, 0.2) is 0 Å². The first-order chi connectivity index (χ1) is 9.96. The quantitative estimate of drug-likeness (QED) is 0.877. The molecular weight excluding hydrogens is 284 g/mol. The summed E-state index contributed by atoms with van der Waals surface area (Å²) < 4.78 is 26.2. The first-order valence-corrected chi connectivity index (χ1v) is 9.25. The van der Waals surface area contributed by atoms with E-state index in [1.165, 1.54) is 39.2 Å². The summed E-state index contributed by atoms with van der Waals surface area (Å²) >= 11 is 0. The normalized spacial score (nSPS) is 23.0. The summed E-state index contributed by atoms with van der Waals surface area (Å²) in [5.74, 6) is 0.792. The Bertz CT molecular complexity index is 584. The zero-order chi connectivity index (χ0) is 15.5. The van der Waals surface area contributed by atoms with Crippen molar-refractivity contribution in [2.75, 3.05) is 12.4 Å². The molecule has 1 aromatic rings. The van der Waals surface area contributed by atoms with Crippen LogP contribution in [-0.2, 0) is 10.0 Å². The third-order valence-corrected chi connectivity index (χ3v) is 5.92. The van der Waals surface area contributed by atoms with Crippen molar-refractivity contribution in [3.8, 4) is 0 Å². The number of rotatable bonds is 5. The smallest absolute Gasteiger partial charge is 0.240 e. The predicted octanol–water partition coefficient (Wildman–Crippen LogP) is 3.28. The van der Waals surface area contributed by atoms with E-state index < -0.39 is 10.0 Å². The Morgan fingerprint density at radius 3 is 2.71 bits per heavy atom. The van der Waals surface area contributed by atoms with Gasteiger partial charge in [0.1, 0.15) is 0 Å². The van der Waals surface area contributed by atoms with Crippen molar-refractivity contribution in [3.63, 3.8) is 0 Å². The first kappa shape index (κ1) is 16.3. The second-order valence-corrected chi connectivity index (χ2v) is 7.85. The molecule has 21 heavy (non-hydrogen) atoms. The highest BCUT2D eigenvalue weighted by atomic mass is 32.2. The van der Waals surface area contributed by atoms with Crippen LogP contribution >= 0.6 is 0 Å². The average Bonchev–Trinajstić information content (AvgIpc) is 2.49. The fourth-order valence-electron chi connectivity index (χ4n) is 3.05. The van der Waals surface area contributed by atoms with Gasteiger partial charge in [-0.25, -0.2) is 13.1 Å². The molecule has 2 atom stereocenters. The maximum atomic E-state index is 11.9. The van der Waals surface area contributed by atoms with E-state index in [1.54, 1.807) is 12.1 Å². The van der Waals surface area contributed by atoms with E-state index in [0.717, 1.165) is 17.2 Å². The number of hydrogen-bond donors (Lipinski definition) is 2. The van der Waals surface area contributed by atoms with E-state index in [0.29, 0.717) is 10.9 Å². The van der Waals surface area contributed by atoms with Crippen LogP contribution in [0.5, 0.6) is 0 Å². The average molecular weight is 310 g/mol. The van der Waals surface area contributed by atoms with Crippen LogP contribution in [0.3, 0.4) is 0 Å². The minimum absolute atomic E-state index is 0.320. The summed E-state index contributed by atoms with van der Waals surface area (Å²) in [6, 6.07) is 5.72. The van der Waals surface area contributed by atoms with Gasteiger partial charge >= 0.3 is 0 Å². The fraction of sp³-hybridized carbons (Fsp3) is 0.625. The molecule has 1 fully saturated rings.